The Hall–Kier alpha value is -0.630. The summed E-state index contributed by atoms with van der Waals surface area (Å²) in [6.45, 7) is 2.18. The van der Waals surface area contributed by atoms with Gasteiger partial charge in [-0.3, -0.25) is 4.79 Å². The topological polar surface area (TPSA) is 29.6 Å². The Morgan fingerprint density at radius 3 is 2.92 bits per heavy atom. The lowest BCUT2D eigenvalue weighted by molar-refractivity contribution is -0.104. The number of carbonyl (C=O) groups excluding carboxylic acids is 1. The summed E-state index contributed by atoms with van der Waals surface area (Å²) in [6.07, 6.45) is 9.65. The molecule has 0 N–H and O–H groups in total. The minimum Gasteiger partial charge on any atom is -0.369 e. The van der Waals surface area contributed by atoms with Crippen LogP contribution >= 0.6 is 0 Å². The molecule has 2 atom stereocenters. The van der Waals surface area contributed by atoms with Crippen molar-refractivity contribution in [2.75, 3.05) is 0 Å². The summed E-state index contributed by atoms with van der Waals surface area (Å²) in [7, 11) is 0. The normalized spacial score (nSPS) is 27.8. The maximum atomic E-state index is 9.93. The first-order valence-corrected chi connectivity index (χ1v) is 4.64. The Morgan fingerprint density at radius 1 is 1.42 bits per heavy atom. The van der Waals surface area contributed by atoms with E-state index in [9.17, 15) is 4.79 Å². The van der Waals surface area contributed by atoms with Crippen molar-refractivity contribution in [3.05, 3.63) is 12.2 Å². The third-order valence-electron chi connectivity index (χ3n) is 2.11. The molecule has 0 amide bonds. The molecular weight excluding hydrogens is 152 g/mol. The lowest BCUT2D eigenvalue weighted by Gasteiger charge is -1.89. The van der Waals surface area contributed by atoms with Crippen molar-refractivity contribution < 1.29 is 9.53 Å². The van der Waals surface area contributed by atoms with E-state index >= 15 is 0 Å². The molecule has 1 rings (SSSR count). The second-order valence-electron chi connectivity index (χ2n) is 3.16. The molecule has 0 aromatic rings. The van der Waals surface area contributed by atoms with E-state index in [2.05, 4.69) is 6.92 Å². The average molecular weight is 168 g/mol. The first kappa shape index (κ1) is 9.46. The molecule has 1 aliphatic heterocycles. The quantitative estimate of drug-likeness (QED) is 0.345. The van der Waals surface area contributed by atoms with Crippen molar-refractivity contribution in [2.45, 2.75) is 44.8 Å². The van der Waals surface area contributed by atoms with Gasteiger partial charge in [0.05, 0.1) is 12.2 Å². The van der Waals surface area contributed by atoms with Gasteiger partial charge in [-0.25, -0.2) is 0 Å². The minimum absolute atomic E-state index is 0.396. The number of hydrogen-bond acceptors (Lipinski definition) is 2. The van der Waals surface area contributed by atoms with Gasteiger partial charge in [-0.1, -0.05) is 25.8 Å². The van der Waals surface area contributed by atoms with Crippen LogP contribution in [0.1, 0.15) is 32.6 Å². The van der Waals surface area contributed by atoms with Crippen molar-refractivity contribution >= 4 is 6.29 Å². The van der Waals surface area contributed by atoms with Gasteiger partial charge in [0.1, 0.15) is 6.29 Å². The van der Waals surface area contributed by atoms with Crippen LogP contribution in [0.15, 0.2) is 12.2 Å². The highest BCUT2D eigenvalue weighted by molar-refractivity contribution is 5.64. The summed E-state index contributed by atoms with van der Waals surface area (Å²) in [5, 5.41) is 0. The summed E-state index contributed by atoms with van der Waals surface area (Å²) in [6, 6.07) is 0. The summed E-state index contributed by atoms with van der Waals surface area (Å²) >= 11 is 0. The predicted molar refractivity (Wildman–Crippen MR) is 48.0 cm³/mol. The smallest absolute Gasteiger partial charge is 0.142 e. The lowest BCUT2D eigenvalue weighted by Crippen LogP contribution is -1.91. The third kappa shape index (κ3) is 3.18. The van der Waals surface area contributed by atoms with Gasteiger partial charge < -0.3 is 4.74 Å². The van der Waals surface area contributed by atoms with Gasteiger partial charge in [-0.05, 0) is 18.9 Å². The Morgan fingerprint density at radius 2 is 2.25 bits per heavy atom. The lowest BCUT2D eigenvalue weighted by atomic mass is 10.1. The van der Waals surface area contributed by atoms with E-state index < -0.39 is 0 Å². The Kier molecular flexibility index (Phi) is 4.01. The molecule has 0 bridgehead atoms. The zero-order valence-electron chi connectivity index (χ0n) is 7.53. The number of epoxide rings is 1. The van der Waals surface area contributed by atoms with Crippen molar-refractivity contribution in [2.24, 2.45) is 0 Å². The zero-order valence-corrected chi connectivity index (χ0v) is 7.53. The van der Waals surface area contributed by atoms with E-state index in [0.29, 0.717) is 12.2 Å². The van der Waals surface area contributed by atoms with E-state index in [4.69, 9.17) is 4.74 Å². The molecule has 0 aromatic heterocycles. The molecule has 2 unspecified atom stereocenters. The molecular formula is C10H16O2. The zero-order chi connectivity index (χ0) is 8.81. The summed E-state index contributed by atoms with van der Waals surface area (Å²) in [4.78, 5) is 9.93. The molecule has 12 heavy (non-hydrogen) atoms. The van der Waals surface area contributed by atoms with Crippen LogP contribution in [-0.4, -0.2) is 18.5 Å². The first-order valence-electron chi connectivity index (χ1n) is 4.64. The molecule has 0 aromatic carbocycles. The van der Waals surface area contributed by atoms with Crippen LogP contribution < -0.4 is 0 Å². The monoisotopic (exact) mass is 168 g/mol. The molecule has 1 saturated heterocycles. The van der Waals surface area contributed by atoms with E-state index in [1.807, 2.05) is 6.08 Å². The highest BCUT2D eigenvalue weighted by Crippen LogP contribution is 2.29. The second kappa shape index (κ2) is 5.09. The van der Waals surface area contributed by atoms with Crippen LogP contribution in [0, 0.1) is 0 Å². The Balaban J connectivity index is 2.00. The van der Waals surface area contributed by atoms with Gasteiger partial charge >= 0.3 is 0 Å². The number of ether oxygens (including phenoxy) is 1. The fourth-order valence-corrected chi connectivity index (χ4v) is 1.31. The van der Waals surface area contributed by atoms with E-state index in [1.165, 1.54) is 19.3 Å². The number of unbranched alkanes of at least 4 members (excludes halogenated alkanes) is 1. The highest BCUT2D eigenvalue weighted by Gasteiger charge is 2.36. The average Bonchev–Trinajstić information content (AvgIpc) is 2.81. The Labute approximate surface area is 73.6 Å². The molecule has 68 valence electrons. The molecule has 0 spiro atoms. The van der Waals surface area contributed by atoms with Crippen molar-refractivity contribution in [1.29, 1.82) is 0 Å². The van der Waals surface area contributed by atoms with Crippen LogP contribution in [0.4, 0.5) is 0 Å². The number of allylic oxidation sites excluding steroid dienone is 1. The van der Waals surface area contributed by atoms with Crippen LogP contribution in [0.3, 0.4) is 0 Å². The van der Waals surface area contributed by atoms with E-state index in [-0.39, 0.29) is 0 Å². The van der Waals surface area contributed by atoms with Gasteiger partial charge in [0.25, 0.3) is 0 Å². The fraction of sp³-hybridized carbons (Fsp3) is 0.700. The number of hydrogen-bond donors (Lipinski definition) is 0. The maximum Gasteiger partial charge on any atom is 0.142 e. The molecule has 0 aliphatic carbocycles. The van der Waals surface area contributed by atoms with E-state index in [1.54, 1.807) is 6.08 Å². The van der Waals surface area contributed by atoms with Crippen molar-refractivity contribution in [1.82, 2.24) is 0 Å². The second-order valence-corrected chi connectivity index (χ2v) is 3.16. The summed E-state index contributed by atoms with van der Waals surface area (Å²) < 4.78 is 5.40. The number of carbonyl (C=O) groups is 1. The van der Waals surface area contributed by atoms with Crippen LogP contribution in [0.5, 0.6) is 0 Å². The van der Waals surface area contributed by atoms with Gasteiger partial charge in [0.15, 0.2) is 0 Å². The molecule has 1 aliphatic rings. The number of aldehydes is 1. The molecule has 0 saturated carbocycles. The summed E-state index contributed by atoms with van der Waals surface area (Å²) in [5.41, 5.74) is 0. The van der Waals surface area contributed by atoms with Gasteiger partial charge in [-0.15, -0.1) is 0 Å². The third-order valence-corrected chi connectivity index (χ3v) is 2.11. The maximum absolute atomic E-state index is 9.93. The molecule has 0 radical (unpaired) electrons. The first-order chi connectivity index (χ1) is 5.88. The predicted octanol–water partition coefficient (Wildman–Crippen LogP) is 2.09. The molecule has 1 heterocycles. The van der Waals surface area contributed by atoms with Crippen LogP contribution in [0.2, 0.25) is 0 Å². The highest BCUT2D eigenvalue weighted by atomic mass is 16.6. The SMILES string of the molecule is CCCCC1OC1CC=CC=O. The molecule has 2 heteroatoms. The standard InChI is InChI=1S/C10H16O2/c1-2-3-6-9-10(12-9)7-4-5-8-11/h4-5,8-10H,2-3,6-7H2,1H3. The van der Waals surface area contributed by atoms with Gasteiger partial charge in [0.2, 0.25) is 0 Å². The molecule has 1 fully saturated rings. The summed E-state index contributed by atoms with van der Waals surface area (Å²) in [5.74, 6) is 0. The van der Waals surface area contributed by atoms with Crippen molar-refractivity contribution in [3.8, 4) is 0 Å². The minimum atomic E-state index is 0.396. The van der Waals surface area contributed by atoms with Gasteiger partial charge in [-0.2, -0.15) is 0 Å². The van der Waals surface area contributed by atoms with Gasteiger partial charge in [0, 0.05) is 0 Å². The van der Waals surface area contributed by atoms with Crippen LogP contribution in [0.25, 0.3) is 0 Å². The van der Waals surface area contributed by atoms with Crippen LogP contribution in [-0.2, 0) is 9.53 Å². The largest absolute Gasteiger partial charge is 0.369 e. The fourth-order valence-electron chi connectivity index (χ4n) is 1.31. The molecule has 2 nitrogen and oxygen atoms in total. The van der Waals surface area contributed by atoms with Crippen molar-refractivity contribution in [3.63, 3.8) is 0 Å². The van der Waals surface area contributed by atoms with E-state index in [0.717, 1.165) is 12.7 Å². The number of rotatable bonds is 6. The Bertz CT molecular complexity index is 163.